The van der Waals surface area contributed by atoms with Gasteiger partial charge in [-0.15, -0.1) is 12.4 Å². The summed E-state index contributed by atoms with van der Waals surface area (Å²) in [4.78, 5) is 14.2. The van der Waals surface area contributed by atoms with Gasteiger partial charge in [0.25, 0.3) is 0 Å². The number of hydrogen-bond acceptors (Lipinski definition) is 4. The lowest BCUT2D eigenvalue weighted by atomic mass is 10.2. The Bertz CT molecular complexity index is 623. The van der Waals surface area contributed by atoms with Gasteiger partial charge in [0.05, 0.1) is 4.90 Å². The topological polar surface area (TPSA) is 83.7 Å². The molecule has 0 aliphatic carbocycles. The molecule has 8 heteroatoms. The first-order chi connectivity index (χ1) is 10.9. The van der Waals surface area contributed by atoms with Crippen LogP contribution in [0.5, 0.6) is 0 Å². The highest BCUT2D eigenvalue weighted by molar-refractivity contribution is 7.89. The van der Waals surface area contributed by atoms with Crippen LogP contribution in [0.25, 0.3) is 0 Å². The Morgan fingerprint density at radius 2 is 1.83 bits per heavy atom. The minimum Gasteiger partial charge on any atom is -0.341 e. The van der Waals surface area contributed by atoms with E-state index in [4.69, 9.17) is 5.73 Å². The van der Waals surface area contributed by atoms with Crippen molar-refractivity contribution in [3.05, 3.63) is 30.3 Å². The van der Waals surface area contributed by atoms with Crippen molar-refractivity contribution in [3.8, 4) is 0 Å². The Hall–Kier alpha value is -1.15. The van der Waals surface area contributed by atoms with E-state index in [1.54, 1.807) is 35.2 Å². The summed E-state index contributed by atoms with van der Waals surface area (Å²) in [6.07, 6.45) is 1.72. The maximum Gasteiger partial charge on any atom is 0.243 e. The lowest BCUT2D eigenvalue weighted by Crippen LogP contribution is -2.37. The van der Waals surface area contributed by atoms with Gasteiger partial charge in [-0.2, -0.15) is 4.31 Å². The van der Waals surface area contributed by atoms with Crippen molar-refractivity contribution in [1.29, 1.82) is 0 Å². The van der Waals surface area contributed by atoms with Crippen LogP contribution in [-0.4, -0.2) is 55.8 Å². The minimum absolute atomic E-state index is 0. The molecular formula is C16H26ClN3O3S. The normalized spacial score (nSPS) is 17.7. The van der Waals surface area contributed by atoms with E-state index in [1.165, 1.54) is 4.31 Å². The molecule has 1 unspecified atom stereocenters. The van der Waals surface area contributed by atoms with Gasteiger partial charge in [-0.1, -0.05) is 18.2 Å². The van der Waals surface area contributed by atoms with E-state index in [9.17, 15) is 13.2 Å². The van der Waals surface area contributed by atoms with Crippen LogP contribution in [-0.2, 0) is 14.8 Å². The molecule has 136 valence electrons. The Kier molecular flexibility index (Phi) is 8.15. The largest absolute Gasteiger partial charge is 0.341 e. The lowest BCUT2D eigenvalue weighted by Gasteiger charge is -2.22. The molecule has 1 aromatic rings. The second-order valence-electron chi connectivity index (χ2n) is 5.97. The predicted molar refractivity (Wildman–Crippen MR) is 96.5 cm³/mol. The van der Waals surface area contributed by atoms with Gasteiger partial charge in [-0.25, -0.2) is 8.42 Å². The van der Waals surface area contributed by atoms with Crippen molar-refractivity contribution < 1.29 is 13.2 Å². The van der Waals surface area contributed by atoms with Crippen molar-refractivity contribution in [2.24, 2.45) is 5.73 Å². The highest BCUT2D eigenvalue weighted by Crippen LogP contribution is 2.17. The average Bonchev–Trinajstić information content (AvgIpc) is 2.80. The fraction of sp³-hybridized carbons (Fsp3) is 0.562. The molecule has 0 radical (unpaired) electrons. The van der Waals surface area contributed by atoms with E-state index in [2.05, 4.69) is 0 Å². The van der Waals surface area contributed by atoms with Gasteiger partial charge in [-0.05, 0) is 31.9 Å². The highest BCUT2D eigenvalue weighted by Gasteiger charge is 2.27. The van der Waals surface area contributed by atoms with E-state index in [0.29, 0.717) is 50.3 Å². The number of nitrogens with zero attached hydrogens (tertiary/aromatic N) is 2. The third kappa shape index (κ3) is 5.44. The molecule has 2 rings (SSSR count). The Balaban J connectivity index is 0.00000288. The van der Waals surface area contributed by atoms with Gasteiger partial charge in [0.1, 0.15) is 0 Å². The van der Waals surface area contributed by atoms with Gasteiger partial charge in [0, 0.05) is 38.6 Å². The Morgan fingerprint density at radius 1 is 1.17 bits per heavy atom. The first-order valence-electron chi connectivity index (χ1n) is 8.00. The second-order valence-corrected chi connectivity index (χ2v) is 7.91. The molecule has 0 aromatic heterocycles. The van der Waals surface area contributed by atoms with Gasteiger partial charge >= 0.3 is 0 Å². The van der Waals surface area contributed by atoms with Gasteiger partial charge in [-0.3, -0.25) is 4.79 Å². The predicted octanol–water partition coefficient (Wildman–Crippen LogP) is 1.46. The SMILES string of the molecule is CC(N)CCC(=O)N1CCCN(S(=O)(=O)c2ccccc2)CC1.Cl. The Labute approximate surface area is 150 Å². The summed E-state index contributed by atoms with van der Waals surface area (Å²) in [5, 5.41) is 0. The first kappa shape index (κ1) is 20.9. The van der Waals surface area contributed by atoms with E-state index < -0.39 is 10.0 Å². The summed E-state index contributed by atoms with van der Waals surface area (Å²) in [5.74, 6) is 0.0567. The van der Waals surface area contributed by atoms with E-state index >= 15 is 0 Å². The number of benzene rings is 1. The molecule has 6 nitrogen and oxygen atoms in total. The van der Waals surface area contributed by atoms with Crippen LogP contribution >= 0.6 is 12.4 Å². The molecule has 0 saturated carbocycles. The molecule has 1 heterocycles. The molecule has 1 aliphatic heterocycles. The summed E-state index contributed by atoms with van der Waals surface area (Å²) >= 11 is 0. The molecule has 2 N–H and O–H groups in total. The number of halogens is 1. The van der Waals surface area contributed by atoms with Crippen LogP contribution < -0.4 is 5.73 Å². The molecule has 24 heavy (non-hydrogen) atoms. The maximum atomic E-state index is 12.6. The average molecular weight is 376 g/mol. The van der Waals surface area contributed by atoms with Crippen molar-refractivity contribution in [1.82, 2.24) is 9.21 Å². The molecule has 1 fully saturated rings. The summed E-state index contributed by atoms with van der Waals surface area (Å²) in [6, 6.07) is 8.43. The summed E-state index contributed by atoms with van der Waals surface area (Å²) in [5.41, 5.74) is 5.69. The summed E-state index contributed by atoms with van der Waals surface area (Å²) in [7, 11) is -3.48. The molecule has 0 spiro atoms. The van der Waals surface area contributed by atoms with E-state index in [1.807, 2.05) is 6.92 Å². The number of nitrogens with two attached hydrogens (primary N) is 1. The second kappa shape index (κ2) is 9.36. The third-order valence-electron chi connectivity index (χ3n) is 4.00. The summed E-state index contributed by atoms with van der Waals surface area (Å²) in [6.45, 7) is 3.68. The van der Waals surface area contributed by atoms with Crippen LogP contribution in [0.3, 0.4) is 0 Å². The van der Waals surface area contributed by atoms with E-state index in [-0.39, 0.29) is 24.4 Å². The first-order valence-corrected chi connectivity index (χ1v) is 9.44. The minimum atomic E-state index is -3.48. The van der Waals surface area contributed by atoms with Crippen molar-refractivity contribution in [3.63, 3.8) is 0 Å². The standard InChI is InChI=1S/C16H25N3O3S.ClH/c1-14(17)8-9-16(20)18-10-5-11-19(13-12-18)23(21,22)15-6-3-2-4-7-15;/h2-4,6-7,14H,5,8-13,17H2,1H3;1H. The zero-order valence-electron chi connectivity index (χ0n) is 13.9. The van der Waals surface area contributed by atoms with Gasteiger partial charge in [0.15, 0.2) is 0 Å². The van der Waals surface area contributed by atoms with Gasteiger partial charge in [0.2, 0.25) is 15.9 Å². The number of amides is 1. The smallest absolute Gasteiger partial charge is 0.243 e. The fourth-order valence-electron chi connectivity index (χ4n) is 2.63. The van der Waals surface area contributed by atoms with Crippen LogP contribution in [0.1, 0.15) is 26.2 Å². The zero-order valence-corrected chi connectivity index (χ0v) is 15.6. The summed E-state index contributed by atoms with van der Waals surface area (Å²) < 4.78 is 26.7. The molecule has 1 atom stereocenters. The van der Waals surface area contributed by atoms with Crippen molar-refractivity contribution in [2.75, 3.05) is 26.2 Å². The van der Waals surface area contributed by atoms with Crippen LogP contribution in [0.4, 0.5) is 0 Å². The number of carbonyl (C=O) groups is 1. The fourth-order valence-corrected chi connectivity index (χ4v) is 4.13. The van der Waals surface area contributed by atoms with Gasteiger partial charge < -0.3 is 10.6 Å². The number of hydrogen-bond donors (Lipinski definition) is 1. The monoisotopic (exact) mass is 375 g/mol. The third-order valence-corrected chi connectivity index (χ3v) is 5.91. The number of carbonyl (C=O) groups excluding carboxylic acids is 1. The van der Waals surface area contributed by atoms with Crippen LogP contribution in [0.2, 0.25) is 0 Å². The van der Waals surface area contributed by atoms with Crippen LogP contribution in [0.15, 0.2) is 35.2 Å². The lowest BCUT2D eigenvalue weighted by molar-refractivity contribution is -0.131. The quantitative estimate of drug-likeness (QED) is 0.844. The number of rotatable bonds is 5. The molecule has 1 aromatic carbocycles. The molecule has 1 aliphatic rings. The maximum absolute atomic E-state index is 12.6. The van der Waals surface area contributed by atoms with E-state index in [0.717, 1.165) is 0 Å². The molecule has 0 bridgehead atoms. The molecule has 1 saturated heterocycles. The van der Waals surface area contributed by atoms with Crippen molar-refractivity contribution in [2.45, 2.75) is 37.1 Å². The zero-order chi connectivity index (χ0) is 16.9. The molecule has 1 amide bonds. The van der Waals surface area contributed by atoms with Crippen molar-refractivity contribution >= 4 is 28.3 Å². The highest BCUT2D eigenvalue weighted by atomic mass is 35.5. The molecular weight excluding hydrogens is 350 g/mol. The Morgan fingerprint density at radius 3 is 2.46 bits per heavy atom. The number of sulfonamides is 1. The van der Waals surface area contributed by atoms with Crippen LogP contribution in [0, 0.1) is 0 Å².